The molecule has 1 aliphatic carbocycles. The Labute approximate surface area is 134 Å². The lowest BCUT2D eigenvalue weighted by Gasteiger charge is -2.09. The van der Waals surface area contributed by atoms with Crippen molar-refractivity contribution in [2.24, 2.45) is 5.92 Å². The minimum absolute atomic E-state index is 0.466. The molecule has 0 saturated heterocycles. The summed E-state index contributed by atoms with van der Waals surface area (Å²) in [7, 11) is 1.66. The van der Waals surface area contributed by atoms with Gasteiger partial charge in [0.05, 0.1) is 12.3 Å². The lowest BCUT2D eigenvalue weighted by molar-refractivity contribution is 0.181. The Morgan fingerprint density at radius 3 is 3.00 bits per heavy atom. The molecule has 118 valence electrons. The Balaban J connectivity index is 1.47. The van der Waals surface area contributed by atoms with E-state index in [1.807, 2.05) is 6.07 Å². The van der Waals surface area contributed by atoms with Crippen LogP contribution in [0.25, 0.3) is 5.78 Å². The normalized spacial score (nSPS) is 19.9. The molecule has 4 rings (SSSR count). The van der Waals surface area contributed by atoms with Gasteiger partial charge in [0.1, 0.15) is 12.1 Å². The van der Waals surface area contributed by atoms with Crippen molar-refractivity contribution in [1.29, 1.82) is 0 Å². The average molecular weight is 309 g/mol. The van der Waals surface area contributed by atoms with E-state index in [2.05, 4.69) is 50.7 Å². The van der Waals surface area contributed by atoms with Crippen molar-refractivity contribution < 1.29 is 4.74 Å². The lowest BCUT2D eigenvalue weighted by Crippen LogP contribution is -2.11. The molecule has 6 heteroatoms. The second-order valence-corrected chi connectivity index (χ2v) is 5.93. The number of nitrogens with one attached hydrogen (secondary N) is 1. The van der Waals surface area contributed by atoms with Crippen molar-refractivity contribution in [3.05, 3.63) is 54.0 Å². The first-order valence-electron chi connectivity index (χ1n) is 7.82. The van der Waals surface area contributed by atoms with Gasteiger partial charge in [-0.2, -0.15) is 14.6 Å². The summed E-state index contributed by atoms with van der Waals surface area (Å²) in [6, 6.07) is 12.7. The summed E-state index contributed by atoms with van der Waals surface area (Å²) in [4.78, 5) is 8.59. The van der Waals surface area contributed by atoms with Crippen molar-refractivity contribution in [2.45, 2.75) is 18.9 Å². The van der Waals surface area contributed by atoms with Crippen LogP contribution in [-0.4, -0.2) is 33.2 Å². The largest absolute Gasteiger partial charge is 0.378 e. The smallest absolute Gasteiger partial charge is 0.254 e. The van der Waals surface area contributed by atoms with Crippen molar-refractivity contribution in [1.82, 2.24) is 19.6 Å². The van der Waals surface area contributed by atoms with E-state index in [-0.39, 0.29) is 0 Å². The van der Waals surface area contributed by atoms with Crippen molar-refractivity contribution >= 4 is 11.6 Å². The first-order valence-corrected chi connectivity index (χ1v) is 7.82. The van der Waals surface area contributed by atoms with Gasteiger partial charge in [0, 0.05) is 19.7 Å². The number of hydrogen-bond acceptors (Lipinski definition) is 5. The molecule has 1 saturated carbocycles. The third-order valence-corrected chi connectivity index (χ3v) is 4.29. The van der Waals surface area contributed by atoms with Crippen LogP contribution in [0.4, 0.5) is 5.82 Å². The van der Waals surface area contributed by atoms with Crippen LogP contribution in [0.2, 0.25) is 0 Å². The quantitative estimate of drug-likeness (QED) is 0.758. The molecule has 0 amide bonds. The molecule has 23 heavy (non-hydrogen) atoms. The predicted octanol–water partition coefficient (Wildman–Crippen LogP) is 2.49. The van der Waals surface area contributed by atoms with E-state index >= 15 is 0 Å². The number of ether oxygens (including phenoxy) is 1. The third kappa shape index (κ3) is 2.90. The van der Waals surface area contributed by atoms with Crippen LogP contribution >= 0.6 is 0 Å². The molecule has 1 aromatic carbocycles. The molecule has 3 aromatic rings. The number of nitrogens with zero attached hydrogens (tertiary/aromatic N) is 4. The first-order chi connectivity index (χ1) is 11.3. The van der Waals surface area contributed by atoms with Gasteiger partial charge in [-0.25, -0.2) is 4.98 Å². The molecule has 6 nitrogen and oxygen atoms in total. The highest BCUT2D eigenvalue weighted by Crippen LogP contribution is 2.47. The van der Waals surface area contributed by atoms with Gasteiger partial charge in [0.2, 0.25) is 0 Å². The fraction of sp³-hybridized carbons (Fsp3) is 0.353. The number of methoxy groups -OCH3 is 1. The summed E-state index contributed by atoms with van der Waals surface area (Å²) in [6.07, 6.45) is 2.75. The molecule has 0 spiro atoms. The molecular formula is C17H19N5O. The lowest BCUT2D eigenvalue weighted by atomic mass is 10.1. The highest BCUT2D eigenvalue weighted by molar-refractivity contribution is 5.45. The zero-order valence-corrected chi connectivity index (χ0v) is 13.0. The van der Waals surface area contributed by atoms with E-state index < -0.39 is 0 Å². The Bertz CT molecular complexity index is 801. The number of anilines is 1. The molecule has 1 fully saturated rings. The first kappa shape index (κ1) is 14.1. The molecular weight excluding hydrogens is 290 g/mol. The van der Waals surface area contributed by atoms with E-state index in [1.54, 1.807) is 11.6 Å². The monoisotopic (exact) mass is 309 g/mol. The minimum atomic E-state index is 0.466. The molecule has 0 unspecified atom stereocenters. The summed E-state index contributed by atoms with van der Waals surface area (Å²) < 4.78 is 6.91. The van der Waals surface area contributed by atoms with Gasteiger partial charge in [-0.1, -0.05) is 30.3 Å². The fourth-order valence-corrected chi connectivity index (χ4v) is 3.03. The van der Waals surface area contributed by atoms with Crippen molar-refractivity contribution in [3.63, 3.8) is 0 Å². The van der Waals surface area contributed by atoms with Crippen LogP contribution in [0.3, 0.4) is 0 Å². The van der Waals surface area contributed by atoms with Crippen LogP contribution < -0.4 is 5.32 Å². The fourth-order valence-electron chi connectivity index (χ4n) is 3.03. The number of fused-ring (bicyclic) bond motifs is 1. The maximum atomic E-state index is 5.17. The minimum Gasteiger partial charge on any atom is -0.378 e. The average Bonchev–Trinajstić information content (AvgIpc) is 3.21. The number of benzene rings is 1. The zero-order chi connectivity index (χ0) is 15.6. The summed E-state index contributed by atoms with van der Waals surface area (Å²) in [5, 5.41) is 7.73. The van der Waals surface area contributed by atoms with Crippen LogP contribution in [0, 0.1) is 5.92 Å². The van der Waals surface area contributed by atoms with Gasteiger partial charge >= 0.3 is 0 Å². The molecule has 0 bridgehead atoms. The van der Waals surface area contributed by atoms with E-state index in [9.17, 15) is 0 Å². The second-order valence-electron chi connectivity index (χ2n) is 5.93. The highest BCUT2D eigenvalue weighted by Gasteiger charge is 2.37. The topological polar surface area (TPSA) is 64.3 Å². The number of hydrogen-bond donors (Lipinski definition) is 1. The summed E-state index contributed by atoms with van der Waals surface area (Å²) in [5.74, 6) is 2.83. The summed E-state index contributed by atoms with van der Waals surface area (Å²) >= 11 is 0. The van der Waals surface area contributed by atoms with E-state index in [0.29, 0.717) is 24.2 Å². The summed E-state index contributed by atoms with van der Waals surface area (Å²) in [6.45, 7) is 1.39. The van der Waals surface area contributed by atoms with Crippen LogP contribution in [0.15, 0.2) is 42.7 Å². The second kappa shape index (κ2) is 5.96. The Morgan fingerprint density at radius 1 is 1.30 bits per heavy atom. The standard InChI is InChI=1S/C17H19N5O/c1-23-10-14-8-16(22-17(21-14)19-11-20-22)18-9-13-7-15(13)12-5-3-2-4-6-12/h2-6,8,11,13,15,18H,7,9-10H2,1H3/t13-,15-/m1/s1. The van der Waals surface area contributed by atoms with E-state index in [0.717, 1.165) is 18.1 Å². The third-order valence-electron chi connectivity index (χ3n) is 4.29. The van der Waals surface area contributed by atoms with Crippen LogP contribution in [0.5, 0.6) is 0 Å². The van der Waals surface area contributed by atoms with Crippen molar-refractivity contribution in [3.8, 4) is 0 Å². The summed E-state index contributed by atoms with van der Waals surface area (Å²) in [5.41, 5.74) is 2.28. The van der Waals surface area contributed by atoms with Gasteiger partial charge in [0.15, 0.2) is 0 Å². The van der Waals surface area contributed by atoms with Crippen LogP contribution in [-0.2, 0) is 11.3 Å². The van der Waals surface area contributed by atoms with E-state index in [1.165, 1.54) is 18.3 Å². The molecule has 2 heterocycles. The van der Waals surface area contributed by atoms with Gasteiger partial charge in [-0.3, -0.25) is 0 Å². The highest BCUT2D eigenvalue weighted by atomic mass is 16.5. The molecule has 1 aliphatic rings. The SMILES string of the molecule is COCc1cc(NC[C@H]2C[C@@H]2c2ccccc2)n2ncnc2n1. The molecule has 1 N–H and O–H groups in total. The number of aromatic nitrogens is 4. The molecule has 2 aromatic heterocycles. The molecule has 2 atom stereocenters. The molecule has 0 aliphatic heterocycles. The Kier molecular flexibility index (Phi) is 3.67. The van der Waals surface area contributed by atoms with E-state index in [4.69, 9.17) is 4.74 Å². The van der Waals surface area contributed by atoms with Gasteiger partial charge in [-0.05, 0) is 23.8 Å². The van der Waals surface area contributed by atoms with Gasteiger partial charge in [0.25, 0.3) is 5.78 Å². The zero-order valence-electron chi connectivity index (χ0n) is 13.0. The van der Waals surface area contributed by atoms with Gasteiger partial charge < -0.3 is 10.1 Å². The Hall–Kier alpha value is -2.47. The maximum absolute atomic E-state index is 5.17. The molecule has 0 radical (unpaired) electrons. The predicted molar refractivity (Wildman–Crippen MR) is 87.3 cm³/mol. The number of rotatable bonds is 6. The van der Waals surface area contributed by atoms with Crippen LogP contribution in [0.1, 0.15) is 23.6 Å². The Morgan fingerprint density at radius 2 is 2.17 bits per heavy atom. The van der Waals surface area contributed by atoms with Gasteiger partial charge in [-0.15, -0.1) is 0 Å². The maximum Gasteiger partial charge on any atom is 0.254 e. The van der Waals surface area contributed by atoms with Crippen molar-refractivity contribution in [2.75, 3.05) is 19.0 Å².